The van der Waals surface area contributed by atoms with Gasteiger partial charge in [0.15, 0.2) is 6.10 Å². The van der Waals surface area contributed by atoms with Crippen molar-refractivity contribution in [2.45, 2.75) is 12.6 Å². The van der Waals surface area contributed by atoms with Crippen LogP contribution >= 0.6 is 0 Å². The van der Waals surface area contributed by atoms with E-state index in [9.17, 15) is 9.59 Å². The molecule has 0 saturated carbocycles. The molecule has 0 aliphatic carbocycles. The molecule has 0 aromatic carbocycles. The molecule has 1 heterocycles. The highest BCUT2D eigenvalue weighted by atomic mass is 16.4. The van der Waals surface area contributed by atoms with Gasteiger partial charge in [0.1, 0.15) is 19.2 Å². The van der Waals surface area contributed by atoms with E-state index in [0.29, 0.717) is 0 Å². The van der Waals surface area contributed by atoms with E-state index in [1.165, 1.54) is 17.3 Å². The molecule has 1 atom stereocenters. The Kier molecular flexibility index (Phi) is 3.75. The minimum atomic E-state index is -1.59. The molecule has 1 aromatic rings. The van der Waals surface area contributed by atoms with Crippen molar-refractivity contribution >= 4 is 11.9 Å². The fraction of sp³-hybridized carbons (Fsp3) is 0.429. The van der Waals surface area contributed by atoms with E-state index in [4.69, 9.17) is 10.2 Å². The van der Waals surface area contributed by atoms with E-state index in [2.05, 4.69) is 15.4 Å². The lowest BCUT2D eigenvalue weighted by Gasteiger charge is -2.07. The van der Waals surface area contributed by atoms with Crippen LogP contribution in [0.15, 0.2) is 12.7 Å². The predicted octanol–water partition coefficient (Wildman–Crippen LogP) is -2.16. The molecule has 3 N–H and O–H groups in total. The van der Waals surface area contributed by atoms with Crippen LogP contribution in [0.2, 0.25) is 0 Å². The van der Waals surface area contributed by atoms with Crippen LogP contribution < -0.4 is 5.32 Å². The highest BCUT2D eigenvalue weighted by molar-refractivity contribution is 5.77. The van der Waals surface area contributed by atoms with Gasteiger partial charge in [-0.3, -0.25) is 4.79 Å². The molecule has 1 rings (SSSR count). The van der Waals surface area contributed by atoms with E-state index < -0.39 is 18.0 Å². The summed E-state index contributed by atoms with van der Waals surface area (Å²) >= 11 is 0. The Morgan fingerprint density at radius 3 is 2.80 bits per heavy atom. The maximum Gasteiger partial charge on any atom is 0.334 e. The van der Waals surface area contributed by atoms with Gasteiger partial charge < -0.3 is 15.5 Å². The number of aliphatic hydroxyl groups excluding tert-OH is 1. The molecule has 0 aliphatic rings. The summed E-state index contributed by atoms with van der Waals surface area (Å²) in [4.78, 5) is 25.0. The lowest BCUT2D eigenvalue weighted by molar-refractivity contribution is -0.146. The third-order valence-electron chi connectivity index (χ3n) is 1.55. The van der Waals surface area contributed by atoms with Crippen molar-refractivity contribution in [2.24, 2.45) is 0 Å². The molecule has 0 saturated heterocycles. The number of carboxylic acid groups (broad SMARTS) is 1. The van der Waals surface area contributed by atoms with Crippen molar-refractivity contribution in [3.63, 3.8) is 0 Å². The van der Waals surface area contributed by atoms with Crippen LogP contribution in [0.4, 0.5) is 0 Å². The van der Waals surface area contributed by atoms with Crippen LogP contribution in [0.5, 0.6) is 0 Å². The van der Waals surface area contributed by atoms with E-state index in [0.717, 1.165) is 0 Å². The van der Waals surface area contributed by atoms with Gasteiger partial charge in [-0.1, -0.05) is 0 Å². The molecule has 82 valence electrons. The first-order valence-corrected chi connectivity index (χ1v) is 4.09. The van der Waals surface area contributed by atoms with Gasteiger partial charge in [0, 0.05) is 0 Å². The summed E-state index contributed by atoms with van der Waals surface area (Å²) in [5.41, 5.74) is 0. The first-order chi connectivity index (χ1) is 7.09. The molecule has 8 nitrogen and oxygen atoms in total. The summed E-state index contributed by atoms with van der Waals surface area (Å²) in [7, 11) is 0. The number of aliphatic carboxylic acids is 1. The number of hydrogen-bond donors (Lipinski definition) is 3. The molecule has 15 heavy (non-hydrogen) atoms. The van der Waals surface area contributed by atoms with Crippen molar-refractivity contribution < 1.29 is 19.8 Å². The van der Waals surface area contributed by atoms with Gasteiger partial charge >= 0.3 is 5.97 Å². The summed E-state index contributed by atoms with van der Waals surface area (Å²) in [6, 6.07) is 0. The molecule has 0 aliphatic heterocycles. The normalized spacial score (nSPS) is 12.1. The van der Waals surface area contributed by atoms with Crippen molar-refractivity contribution in [1.82, 2.24) is 20.1 Å². The summed E-state index contributed by atoms with van der Waals surface area (Å²) in [5.74, 6) is -1.82. The molecule has 0 spiro atoms. The fourth-order valence-electron chi connectivity index (χ4n) is 0.815. The number of carbonyl (C=O) groups excluding carboxylic acids is 1. The monoisotopic (exact) mass is 214 g/mol. The zero-order chi connectivity index (χ0) is 11.3. The molecule has 1 aromatic heterocycles. The van der Waals surface area contributed by atoms with E-state index in [1.54, 1.807) is 0 Å². The number of aliphatic hydroxyl groups is 1. The van der Waals surface area contributed by atoms with Crippen LogP contribution in [0, 0.1) is 0 Å². The number of hydrogen-bond acceptors (Lipinski definition) is 5. The highest BCUT2D eigenvalue weighted by Gasteiger charge is 2.14. The Morgan fingerprint density at radius 1 is 1.53 bits per heavy atom. The minimum Gasteiger partial charge on any atom is -0.479 e. The summed E-state index contributed by atoms with van der Waals surface area (Å²) < 4.78 is 1.28. The van der Waals surface area contributed by atoms with Gasteiger partial charge in [-0.2, -0.15) is 5.10 Å². The van der Waals surface area contributed by atoms with Gasteiger partial charge in [-0.25, -0.2) is 14.5 Å². The molecule has 1 amide bonds. The lowest BCUT2D eigenvalue weighted by Crippen LogP contribution is -2.38. The Morgan fingerprint density at radius 2 is 2.27 bits per heavy atom. The fourth-order valence-corrected chi connectivity index (χ4v) is 0.815. The first kappa shape index (κ1) is 11.1. The number of carboxylic acids is 1. The van der Waals surface area contributed by atoms with Gasteiger partial charge in [0.05, 0.1) is 6.54 Å². The van der Waals surface area contributed by atoms with E-state index >= 15 is 0 Å². The maximum atomic E-state index is 11.1. The van der Waals surface area contributed by atoms with Crippen molar-refractivity contribution in [1.29, 1.82) is 0 Å². The minimum absolute atomic E-state index is 0.0632. The number of aromatic nitrogens is 3. The smallest absolute Gasteiger partial charge is 0.334 e. The summed E-state index contributed by atoms with van der Waals surface area (Å²) in [5, 5.41) is 23.1. The van der Waals surface area contributed by atoms with Gasteiger partial charge in [-0.15, -0.1) is 0 Å². The summed E-state index contributed by atoms with van der Waals surface area (Å²) in [6.45, 7) is -0.394. The van der Waals surface area contributed by atoms with Crippen molar-refractivity contribution in [3.05, 3.63) is 12.7 Å². The topological polar surface area (TPSA) is 117 Å². The Labute approximate surface area is 84.5 Å². The molecule has 8 heteroatoms. The van der Waals surface area contributed by atoms with Crippen LogP contribution in [-0.2, 0) is 16.1 Å². The van der Waals surface area contributed by atoms with Crippen LogP contribution in [-0.4, -0.2) is 49.5 Å². The molecule has 1 unspecified atom stereocenters. The van der Waals surface area contributed by atoms with Crippen molar-refractivity contribution in [2.75, 3.05) is 6.54 Å². The highest BCUT2D eigenvalue weighted by Crippen LogP contribution is 1.83. The number of nitrogens with zero attached hydrogens (tertiary/aromatic N) is 3. The van der Waals surface area contributed by atoms with Crippen LogP contribution in [0.3, 0.4) is 0 Å². The van der Waals surface area contributed by atoms with Gasteiger partial charge in [0.25, 0.3) is 0 Å². The lowest BCUT2D eigenvalue weighted by atomic mass is 10.3. The summed E-state index contributed by atoms with van der Waals surface area (Å²) in [6.07, 6.45) is 1.04. The second-order valence-corrected chi connectivity index (χ2v) is 2.75. The molecule has 0 fully saturated rings. The second kappa shape index (κ2) is 5.05. The predicted molar refractivity (Wildman–Crippen MR) is 46.7 cm³/mol. The largest absolute Gasteiger partial charge is 0.479 e. The van der Waals surface area contributed by atoms with Crippen LogP contribution in [0.1, 0.15) is 0 Å². The first-order valence-electron chi connectivity index (χ1n) is 4.09. The molecular weight excluding hydrogens is 204 g/mol. The standard InChI is InChI=1S/C7H10N4O4/c12-5(7(14)15)1-9-6(13)2-11-4-8-3-10-11/h3-5,12H,1-2H2,(H,9,13)(H,14,15). The van der Waals surface area contributed by atoms with Crippen LogP contribution in [0.25, 0.3) is 0 Å². The molecule has 0 bridgehead atoms. The Bertz CT molecular complexity index is 337. The average Bonchev–Trinajstić information content (AvgIpc) is 2.66. The molecular formula is C7H10N4O4. The second-order valence-electron chi connectivity index (χ2n) is 2.75. The Balaban J connectivity index is 2.28. The zero-order valence-corrected chi connectivity index (χ0v) is 7.70. The van der Waals surface area contributed by atoms with Gasteiger partial charge in [-0.05, 0) is 0 Å². The van der Waals surface area contributed by atoms with E-state index in [1.807, 2.05) is 0 Å². The zero-order valence-electron chi connectivity index (χ0n) is 7.70. The average molecular weight is 214 g/mol. The van der Waals surface area contributed by atoms with Crippen molar-refractivity contribution in [3.8, 4) is 0 Å². The Hall–Kier alpha value is -1.96. The SMILES string of the molecule is O=C(Cn1cncn1)NCC(O)C(=O)O. The maximum absolute atomic E-state index is 11.1. The third-order valence-corrected chi connectivity index (χ3v) is 1.55. The number of nitrogens with one attached hydrogen (secondary N) is 1. The number of amides is 1. The third kappa shape index (κ3) is 3.73. The number of carbonyl (C=O) groups is 2. The quantitative estimate of drug-likeness (QED) is 0.514. The van der Waals surface area contributed by atoms with E-state index in [-0.39, 0.29) is 13.1 Å². The number of rotatable bonds is 5. The molecule has 0 radical (unpaired) electrons. The van der Waals surface area contributed by atoms with Gasteiger partial charge in [0.2, 0.25) is 5.91 Å².